The Kier molecular flexibility index (Phi) is 5.80. The molecule has 0 spiro atoms. The van der Waals surface area contributed by atoms with Crippen molar-refractivity contribution in [2.45, 2.75) is 45.2 Å². The molecule has 0 bridgehead atoms. The molecule has 8 nitrogen and oxygen atoms in total. The van der Waals surface area contributed by atoms with Crippen molar-refractivity contribution in [1.82, 2.24) is 15.1 Å². The molecule has 1 aliphatic rings. The summed E-state index contributed by atoms with van der Waals surface area (Å²) in [5.74, 6) is 0.210. The fourth-order valence-corrected chi connectivity index (χ4v) is 2.64. The Hall–Kier alpha value is -2.82. The highest BCUT2D eigenvalue weighted by molar-refractivity contribution is 6.06. The van der Waals surface area contributed by atoms with Crippen LogP contribution in [0.5, 0.6) is 0 Å². The third-order valence-electron chi connectivity index (χ3n) is 3.99. The van der Waals surface area contributed by atoms with Gasteiger partial charge in [0.05, 0.1) is 25.3 Å². The summed E-state index contributed by atoms with van der Waals surface area (Å²) in [7, 11) is 0. The predicted octanol–water partition coefficient (Wildman–Crippen LogP) is 1.63. The predicted molar refractivity (Wildman–Crippen MR) is 87.9 cm³/mol. The first-order chi connectivity index (χ1) is 11.8. The van der Waals surface area contributed by atoms with Crippen LogP contribution in [0, 0.1) is 11.3 Å². The first kappa shape index (κ1) is 18.5. The van der Waals surface area contributed by atoms with E-state index < -0.39 is 11.6 Å². The van der Waals surface area contributed by atoms with Gasteiger partial charge in [0.1, 0.15) is 11.3 Å². The van der Waals surface area contributed by atoms with Crippen LogP contribution >= 0.6 is 0 Å². The Bertz CT molecular complexity index is 675. The number of imide groups is 1. The number of carbonyl (C=O) groups is 3. The van der Waals surface area contributed by atoms with Crippen LogP contribution in [0.2, 0.25) is 0 Å². The molecule has 1 aromatic rings. The number of hydrogen-bond acceptors (Lipinski definition) is 5. The highest BCUT2D eigenvalue weighted by Gasteiger charge is 2.43. The van der Waals surface area contributed by atoms with Crippen molar-refractivity contribution in [3.63, 3.8) is 0 Å². The van der Waals surface area contributed by atoms with E-state index in [9.17, 15) is 14.4 Å². The van der Waals surface area contributed by atoms with Crippen LogP contribution in [-0.2, 0) is 16.1 Å². The van der Waals surface area contributed by atoms with Crippen molar-refractivity contribution in [3.05, 3.63) is 24.2 Å². The summed E-state index contributed by atoms with van der Waals surface area (Å²) in [6.45, 7) is 4.08. The molecule has 1 saturated heterocycles. The van der Waals surface area contributed by atoms with Gasteiger partial charge in [0.2, 0.25) is 5.91 Å². The lowest BCUT2D eigenvalue weighted by Crippen LogP contribution is -2.40. The van der Waals surface area contributed by atoms with Gasteiger partial charge >= 0.3 is 6.03 Å². The summed E-state index contributed by atoms with van der Waals surface area (Å²) >= 11 is 0. The van der Waals surface area contributed by atoms with E-state index in [0.717, 1.165) is 4.90 Å². The summed E-state index contributed by atoms with van der Waals surface area (Å²) in [4.78, 5) is 39.0. The molecule has 4 amide bonds. The molecule has 25 heavy (non-hydrogen) atoms. The van der Waals surface area contributed by atoms with Gasteiger partial charge in [0, 0.05) is 19.5 Å². The molecule has 1 aliphatic heterocycles. The number of nitrogens with zero attached hydrogens (tertiary/aromatic N) is 3. The second-order valence-electron chi connectivity index (χ2n) is 6.42. The second-order valence-corrected chi connectivity index (χ2v) is 6.42. The Morgan fingerprint density at radius 1 is 1.44 bits per heavy atom. The smallest absolute Gasteiger partial charge is 0.325 e. The highest BCUT2D eigenvalue weighted by atomic mass is 16.3. The Morgan fingerprint density at radius 3 is 2.76 bits per heavy atom. The lowest BCUT2D eigenvalue weighted by Gasteiger charge is -2.21. The van der Waals surface area contributed by atoms with Crippen LogP contribution in [0.4, 0.5) is 4.79 Å². The van der Waals surface area contributed by atoms with Gasteiger partial charge in [-0.05, 0) is 32.4 Å². The average Bonchev–Trinajstić information content (AvgIpc) is 3.12. The zero-order valence-corrected chi connectivity index (χ0v) is 14.4. The maximum absolute atomic E-state index is 12.4. The summed E-state index contributed by atoms with van der Waals surface area (Å²) < 4.78 is 5.25. The maximum Gasteiger partial charge on any atom is 0.325 e. The molecule has 134 valence electrons. The van der Waals surface area contributed by atoms with E-state index >= 15 is 0 Å². The van der Waals surface area contributed by atoms with E-state index in [-0.39, 0.29) is 31.2 Å². The van der Waals surface area contributed by atoms with Crippen molar-refractivity contribution in [2.75, 3.05) is 13.1 Å². The quantitative estimate of drug-likeness (QED) is 0.720. The standard InChI is InChI=1S/C17H22N4O4/c1-17(2)15(23)21(16(24)19-17)10-3-7-14(22)20(9-5-8-18)12-13-6-4-11-25-13/h4,6,11H,3,5,7,9-10,12H2,1-2H3,(H,19,24). The topological polar surface area (TPSA) is 107 Å². The molecule has 0 atom stereocenters. The summed E-state index contributed by atoms with van der Waals surface area (Å²) in [5.41, 5.74) is -0.904. The number of carbonyl (C=O) groups excluding carboxylic acids is 3. The largest absolute Gasteiger partial charge is 0.467 e. The minimum atomic E-state index is -0.904. The van der Waals surface area contributed by atoms with E-state index in [4.69, 9.17) is 9.68 Å². The average molecular weight is 346 g/mol. The minimum absolute atomic E-state index is 0.141. The molecular weight excluding hydrogens is 324 g/mol. The van der Waals surface area contributed by atoms with Gasteiger partial charge < -0.3 is 14.6 Å². The van der Waals surface area contributed by atoms with Gasteiger partial charge in [-0.1, -0.05) is 0 Å². The van der Waals surface area contributed by atoms with Crippen molar-refractivity contribution < 1.29 is 18.8 Å². The molecule has 1 fully saturated rings. The molecule has 2 heterocycles. The molecule has 0 aromatic carbocycles. The monoisotopic (exact) mass is 346 g/mol. The molecule has 2 rings (SSSR count). The third kappa shape index (κ3) is 4.59. The van der Waals surface area contributed by atoms with Gasteiger partial charge in [-0.25, -0.2) is 4.79 Å². The lowest BCUT2D eigenvalue weighted by molar-refractivity contribution is -0.133. The number of amides is 4. The van der Waals surface area contributed by atoms with Gasteiger partial charge in [-0.3, -0.25) is 14.5 Å². The zero-order chi connectivity index (χ0) is 18.4. The van der Waals surface area contributed by atoms with E-state index in [1.54, 1.807) is 30.9 Å². The lowest BCUT2D eigenvalue weighted by atomic mass is 10.1. The van der Waals surface area contributed by atoms with Gasteiger partial charge in [0.25, 0.3) is 5.91 Å². The van der Waals surface area contributed by atoms with Crippen LogP contribution in [-0.4, -0.2) is 46.3 Å². The van der Waals surface area contributed by atoms with Crippen LogP contribution in [0.25, 0.3) is 0 Å². The second kappa shape index (κ2) is 7.83. The van der Waals surface area contributed by atoms with Crippen LogP contribution in [0.15, 0.2) is 22.8 Å². The van der Waals surface area contributed by atoms with Gasteiger partial charge in [-0.2, -0.15) is 5.26 Å². The summed E-state index contributed by atoms with van der Waals surface area (Å²) in [5, 5.41) is 11.4. The fraction of sp³-hybridized carbons (Fsp3) is 0.529. The van der Waals surface area contributed by atoms with Gasteiger partial charge in [-0.15, -0.1) is 0 Å². The van der Waals surface area contributed by atoms with Crippen molar-refractivity contribution in [3.8, 4) is 6.07 Å². The number of hydrogen-bond donors (Lipinski definition) is 1. The molecule has 0 radical (unpaired) electrons. The maximum atomic E-state index is 12.4. The van der Waals surface area contributed by atoms with Crippen molar-refractivity contribution in [2.24, 2.45) is 0 Å². The van der Waals surface area contributed by atoms with Crippen molar-refractivity contribution in [1.29, 1.82) is 5.26 Å². The molecule has 0 aliphatic carbocycles. The number of furan rings is 1. The molecule has 8 heteroatoms. The van der Waals surface area contributed by atoms with Crippen LogP contribution in [0.1, 0.15) is 38.9 Å². The number of urea groups is 1. The number of nitrogens with one attached hydrogen (secondary N) is 1. The third-order valence-corrected chi connectivity index (χ3v) is 3.99. The number of rotatable bonds is 8. The Balaban J connectivity index is 1.87. The van der Waals surface area contributed by atoms with E-state index in [2.05, 4.69) is 5.32 Å². The fourth-order valence-electron chi connectivity index (χ4n) is 2.64. The first-order valence-corrected chi connectivity index (χ1v) is 8.16. The molecule has 0 unspecified atom stereocenters. The summed E-state index contributed by atoms with van der Waals surface area (Å²) in [6.07, 6.45) is 2.31. The zero-order valence-electron chi connectivity index (χ0n) is 14.4. The Morgan fingerprint density at radius 2 is 2.20 bits per heavy atom. The number of nitriles is 1. The SMILES string of the molecule is CC1(C)NC(=O)N(CCCC(=O)N(CCC#N)Cc2ccco2)C1=O. The molecule has 0 saturated carbocycles. The normalized spacial score (nSPS) is 15.8. The van der Waals surface area contributed by atoms with Gasteiger partial charge in [0.15, 0.2) is 0 Å². The minimum Gasteiger partial charge on any atom is -0.467 e. The molecular formula is C17H22N4O4. The molecule has 1 aromatic heterocycles. The molecule has 1 N–H and O–H groups in total. The Labute approximate surface area is 146 Å². The summed E-state index contributed by atoms with van der Waals surface area (Å²) in [6, 6.07) is 5.10. The first-order valence-electron chi connectivity index (χ1n) is 8.16. The highest BCUT2D eigenvalue weighted by Crippen LogP contribution is 2.17. The van der Waals surface area contributed by atoms with Crippen molar-refractivity contribution >= 4 is 17.8 Å². The van der Waals surface area contributed by atoms with E-state index in [0.29, 0.717) is 25.3 Å². The van der Waals surface area contributed by atoms with E-state index in [1.165, 1.54) is 6.26 Å². The van der Waals surface area contributed by atoms with Crippen LogP contribution < -0.4 is 5.32 Å². The van der Waals surface area contributed by atoms with E-state index in [1.807, 2.05) is 6.07 Å². The van der Waals surface area contributed by atoms with Crippen LogP contribution in [0.3, 0.4) is 0 Å².